The molecule has 0 N–H and O–H groups in total. The van der Waals surface area contributed by atoms with E-state index in [-0.39, 0.29) is 29.6 Å². The maximum atomic E-state index is 13.9. The topological polar surface area (TPSA) is 66.9 Å². The van der Waals surface area contributed by atoms with Gasteiger partial charge in [0.15, 0.2) is 11.6 Å². The van der Waals surface area contributed by atoms with Gasteiger partial charge >= 0.3 is 0 Å². The van der Waals surface area contributed by atoms with Crippen molar-refractivity contribution in [3.8, 4) is 5.75 Å². The number of halogens is 1. The first-order valence-corrected chi connectivity index (χ1v) is 9.33. The zero-order chi connectivity index (χ0) is 17.5. The molecule has 3 rings (SSSR count). The van der Waals surface area contributed by atoms with Crippen molar-refractivity contribution < 1.29 is 22.3 Å². The van der Waals surface area contributed by atoms with Crippen LogP contribution < -0.4 is 4.74 Å². The van der Waals surface area contributed by atoms with Crippen LogP contribution in [-0.4, -0.2) is 57.3 Å². The van der Waals surface area contributed by atoms with Crippen LogP contribution >= 0.6 is 0 Å². The molecule has 2 aliphatic rings. The maximum absolute atomic E-state index is 13.9. The number of carbonyl (C=O) groups is 1. The third kappa shape index (κ3) is 2.67. The lowest BCUT2D eigenvalue weighted by molar-refractivity contribution is -0.143. The smallest absolute Gasteiger partial charge is 0.243 e. The fourth-order valence-corrected chi connectivity index (χ4v) is 5.18. The molecule has 2 aliphatic heterocycles. The minimum atomic E-state index is -3.84. The number of amides is 1. The fourth-order valence-electron chi connectivity index (χ4n) is 3.64. The highest BCUT2D eigenvalue weighted by molar-refractivity contribution is 7.89. The lowest BCUT2D eigenvalue weighted by Gasteiger charge is -2.37. The Bertz CT molecular complexity index is 767. The van der Waals surface area contributed by atoms with Crippen LogP contribution in [-0.2, 0) is 14.8 Å². The summed E-state index contributed by atoms with van der Waals surface area (Å²) in [5, 5.41) is 0. The Kier molecular flexibility index (Phi) is 4.29. The standard InChI is InChI=1S/C16H21FN2O4S/c1-18-8-3-6-16(15(18)20)7-9-19(11-16)24(21,22)12-4-5-14(23-2)13(17)10-12/h4-5,10H,3,6-9,11H2,1-2H3/t16-/m1/s1. The second-order valence-electron chi connectivity index (χ2n) is 6.50. The van der Waals surface area contributed by atoms with Gasteiger partial charge in [0.25, 0.3) is 0 Å². The van der Waals surface area contributed by atoms with Crippen molar-refractivity contribution in [3.63, 3.8) is 0 Å². The highest BCUT2D eigenvalue weighted by atomic mass is 32.2. The summed E-state index contributed by atoms with van der Waals surface area (Å²) in [6.45, 7) is 1.14. The maximum Gasteiger partial charge on any atom is 0.243 e. The van der Waals surface area contributed by atoms with E-state index in [1.807, 2.05) is 0 Å². The fraction of sp³-hybridized carbons (Fsp3) is 0.562. The van der Waals surface area contributed by atoms with Crippen molar-refractivity contribution in [1.29, 1.82) is 0 Å². The predicted octanol–water partition coefficient (Wildman–Crippen LogP) is 1.47. The molecule has 1 amide bonds. The minimum Gasteiger partial charge on any atom is -0.494 e. The number of likely N-dealkylation sites (tertiary alicyclic amines) is 1. The summed E-state index contributed by atoms with van der Waals surface area (Å²) < 4.78 is 45.6. The van der Waals surface area contributed by atoms with Gasteiger partial charge in [-0.25, -0.2) is 12.8 Å². The molecule has 2 fully saturated rings. The van der Waals surface area contributed by atoms with E-state index in [1.165, 1.54) is 23.5 Å². The summed E-state index contributed by atoms with van der Waals surface area (Å²) in [5.74, 6) is -0.718. The van der Waals surface area contributed by atoms with Crippen LogP contribution in [0.4, 0.5) is 4.39 Å². The summed E-state index contributed by atoms with van der Waals surface area (Å²) in [5.41, 5.74) is -0.634. The molecule has 1 spiro atoms. The van der Waals surface area contributed by atoms with Gasteiger partial charge in [0.05, 0.1) is 17.4 Å². The van der Waals surface area contributed by atoms with E-state index < -0.39 is 21.3 Å². The van der Waals surface area contributed by atoms with E-state index in [2.05, 4.69) is 0 Å². The first kappa shape index (κ1) is 17.2. The number of hydrogen-bond acceptors (Lipinski definition) is 4. The largest absolute Gasteiger partial charge is 0.494 e. The quantitative estimate of drug-likeness (QED) is 0.823. The molecule has 0 aliphatic carbocycles. The first-order valence-electron chi connectivity index (χ1n) is 7.89. The van der Waals surface area contributed by atoms with E-state index in [9.17, 15) is 17.6 Å². The molecule has 0 unspecified atom stereocenters. The molecule has 1 aromatic rings. The van der Waals surface area contributed by atoms with Crippen LogP contribution in [0.5, 0.6) is 5.75 Å². The number of ether oxygens (including phenoxy) is 1. The molecule has 0 aromatic heterocycles. The van der Waals surface area contributed by atoms with Crippen LogP contribution in [0.25, 0.3) is 0 Å². The van der Waals surface area contributed by atoms with Crippen LogP contribution in [0.1, 0.15) is 19.3 Å². The number of nitrogens with zero attached hydrogens (tertiary/aromatic N) is 2. The molecule has 0 saturated carbocycles. The van der Waals surface area contributed by atoms with Crippen molar-refractivity contribution in [2.45, 2.75) is 24.2 Å². The summed E-state index contributed by atoms with van der Waals surface area (Å²) in [4.78, 5) is 14.1. The number of rotatable bonds is 3. The zero-order valence-electron chi connectivity index (χ0n) is 13.8. The van der Waals surface area contributed by atoms with Gasteiger partial charge in [-0.05, 0) is 37.5 Å². The third-order valence-electron chi connectivity index (χ3n) is 5.03. The lowest BCUT2D eigenvalue weighted by Crippen LogP contribution is -2.48. The van der Waals surface area contributed by atoms with Crippen LogP contribution in [0.3, 0.4) is 0 Å². The normalized spacial score (nSPS) is 25.5. The molecule has 0 bridgehead atoms. The summed E-state index contributed by atoms with van der Waals surface area (Å²) in [6.07, 6.45) is 2.07. The molecule has 2 saturated heterocycles. The minimum absolute atomic E-state index is 0.00377. The van der Waals surface area contributed by atoms with E-state index in [0.29, 0.717) is 19.4 Å². The molecule has 132 valence electrons. The number of methoxy groups -OCH3 is 1. The number of hydrogen-bond donors (Lipinski definition) is 0. The van der Waals surface area contributed by atoms with Gasteiger partial charge in [-0.3, -0.25) is 4.79 Å². The first-order chi connectivity index (χ1) is 11.3. The van der Waals surface area contributed by atoms with Gasteiger partial charge in [-0.15, -0.1) is 0 Å². The Morgan fingerprint density at radius 3 is 2.67 bits per heavy atom. The zero-order valence-corrected chi connectivity index (χ0v) is 14.6. The Morgan fingerprint density at radius 1 is 1.25 bits per heavy atom. The van der Waals surface area contributed by atoms with Crippen molar-refractivity contribution in [1.82, 2.24) is 9.21 Å². The summed E-state index contributed by atoms with van der Waals surface area (Å²) in [6, 6.07) is 3.60. The predicted molar refractivity (Wildman–Crippen MR) is 85.6 cm³/mol. The Morgan fingerprint density at radius 2 is 2.00 bits per heavy atom. The average Bonchev–Trinajstić information content (AvgIpc) is 2.98. The number of benzene rings is 1. The van der Waals surface area contributed by atoms with E-state index >= 15 is 0 Å². The summed E-state index contributed by atoms with van der Waals surface area (Å²) >= 11 is 0. The average molecular weight is 356 g/mol. The van der Waals surface area contributed by atoms with Gasteiger partial charge in [0, 0.05) is 26.7 Å². The molecule has 8 heteroatoms. The number of sulfonamides is 1. The van der Waals surface area contributed by atoms with Gasteiger partial charge in [0.1, 0.15) is 0 Å². The Hall–Kier alpha value is -1.67. The molecule has 2 heterocycles. The third-order valence-corrected chi connectivity index (χ3v) is 6.87. The highest BCUT2D eigenvalue weighted by Gasteiger charge is 2.50. The molecule has 1 atom stereocenters. The molecule has 0 radical (unpaired) electrons. The van der Waals surface area contributed by atoms with Gasteiger partial charge in [0.2, 0.25) is 15.9 Å². The van der Waals surface area contributed by atoms with Crippen molar-refractivity contribution in [2.24, 2.45) is 5.41 Å². The summed E-state index contributed by atoms with van der Waals surface area (Å²) in [7, 11) is -0.765. The van der Waals surface area contributed by atoms with Crippen LogP contribution in [0.2, 0.25) is 0 Å². The molecule has 1 aromatic carbocycles. The van der Waals surface area contributed by atoms with Crippen molar-refractivity contribution in [2.75, 3.05) is 33.8 Å². The van der Waals surface area contributed by atoms with E-state index in [0.717, 1.165) is 12.5 Å². The van der Waals surface area contributed by atoms with Gasteiger partial charge in [-0.2, -0.15) is 4.31 Å². The Balaban J connectivity index is 1.87. The monoisotopic (exact) mass is 356 g/mol. The van der Waals surface area contributed by atoms with Crippen molar-refractivity contribution >= 4 is 15.9 Å². The van der Waals surface area contributed by atoms with Crippen molar-refractivity contribution in [3.05, 3.63) is 24.0 Å². The van der Waals surface area contributed by atoms with Crippen LogP contribution in [0.15, 0.2) is 23.1 Å². The SMILES string of the molecule is COc1ccc(S(=O)(=O)N2CC[C@]3(CCCN(C)C3=O)C2)cc1F. The van der Waals surface area contributed by atoms with E-state index in [4.69, 9.17) is 4.74 Å². The van der Waals surface area contributed by atoms with Gasteiger partial charge < -0.3 is 9.64 Å². The number of piperidine rings is 1. The highest BCUT2D eigenvalue weighted by Crippen LogP contribution is 2.41. The lowest BCUT2D eigenvalue weighted by atomic mass is 9.78. The molecular formula is C16H21FN2O4S. The van der Waals surface area contributed by atoms with Gasteiger partial charge in [-0.1, -0.05) is 0 Å². The van der Waals surface area contributed by atoms with E-state index in [1.54, 1.807) is 11.9 Å². The second kappa shape index (κ2) is 6.00. The van der Waals surface area contributed by atoms with Crippen LogP contribution in [0, 0.1) is 11.2 Å². The number of carbonyl (C=O) groups excluding carboxylic acids is 1. The Labute approximate surface area is 141 Å². The molecule has 6 nitrogen and oxygen atoms in total. The molecular weight excluding hydrogens is 335 g/mol. The second-order valence-corrected chi connectivity index (χ2v) is 8.43. The molecule has 24 heavy (non-hydrogen) atoms.